The molecule has 0 saturated carbocycles. The van der Waals surface area contributed by atoms with Crippen LogP contribution in [0.4, 0.5) is 14.5 Å². The van der Waals surface area contributed by atoms with E-state index >= 15 is 0 Å². The van der Waals surface area contributed by atoms with Crippen LogP contribution in [0.1, 0.15) is 0 Å². The molecule has 0 atom stereocenters. The molecular formula is C12H8ClF2N. The zero-order chi connectivity index (χ0) is 11.7. The van der Waals surface area contributed by atoms with Crippen LogP contribution in [0.2, 0.25) is 5.02 Å². The SMILES string of the molecule is Nc1c(F)cc(-c2ccccc2F)cc1Cl. The molecule has 0 fully saturated rings. The van der Waals surface area contributed by atoms with E-state index in [1.807, 2.05) is 0 Å². The van der Waals surface area contributed by atoms with Crippen molar-refractivity contribution in [2.45, 2.75) is 0 Å². The third-order valence-corrected chi connectivity index (χ3v) is 2.58. The van der Waals surface area contributed by atoms with Gasteiger partial charge in [-0.3, -0.25) is 0 Å². The highest BCUT2D eigenvalue weighted by Gasteiger charge is 2.10. The fourth-order valence-electron chi connectivity index (χ4n) is 1.44. The summed E-state index contributed by atoms with van der Waals surface area (Å²) in [7, 11) is 0. The monoisotopic (exact) mass is 239 g/mol. The van der Waals surface area contributed by atoms with Gasteiger partial charge in [0.2, 0.25) is 0 Å². The maximum Gasteiger partial charge on any atom is 0.148 e. The Kier molecular flexibility index (Phi) is 2.79. The molecule has 4 heteroatoms. The summed E-state index contributed by atoms with van der Waals surface area (Å²) in [4.78, 5) is 0. The number of nitrogen functional groups attached to an aromatic ring is 1. The second kappa shape index (κ2) is 4.10. The highest BCUT2D eigenvalue weighted by atomic mass is 35.5. The Bertz CT molecular complexity index is 517. The van der Waals surface area contributed by atoms with E-state index in [0.717, 1.165) is 0 Å². The fraction of sp³-hybridized carbons (Fsp3) is 0. The molecule has 0 heterocycles. The first kappa shape index (κ1) is 10.9. The van der Waals surface area contributed by atoms with E-state index in [2.05, 4.69) is 0 Å². The van der Waals surface area contributed by atoms with Crippen molar-refractivity contribution in [3.8, 4) is 11.1 Å². The summed E-state index contributed by atoms with van der Waals surface area (Å²) in [6.07, 6.45) is 0. The molecule has 16 heavy (non-hydrogen) atoms. The van der Waals surface area contributed by atoms with Gasteiger partial charge >= 0.3 is 0 Å². The maximum absolute atomic E-state index is 13.4. The smallest absolute Gasteiger partial charge is 0.148 e. The number of nitrogens with two attached hydrogens (primary N) is 1. The van der Waals surface area contributed by atoms with Gasteiger partial charge in [0.15, 0.2) is 0 Å². The number of hydrogen-bond acceptors (Lipinski definition) is 1. The topological polar surface area (TPSA) is 26.0 Å². The molecular weight excluding hydrogens is 232 g/mol. The Hall–Kier alpha value is -1.61. The largest absolute Gasteiger partial charge is 0.395 e. The predicted octanol–water partition coefficient (Wildman–Crippen LogP) is 3.87. The van der Waals surface area contributed by atoms with Crippen molar-refractivity contribution in [2.75, 3.05) is 5.73 Å². The lowest BCUT2D eigenvalue weighted by atomic mass is 10.0. The van der Waals surface area contributed by atoms with Crippen molar-refractivity contribution in [1.29, 1.82) is 0 Å². The van der Waals surface area contributed by atoms with E-state index in [1.54, 1.807) is 18.2 Å². The van der Waals surface area contributed by atoms with Crippen LogP contribution in [-0.2, 0) is 0 Å². The van der Waals surface area contributed by atoms with Gasteiger partial charge in [0.25, 0.3) is 0 Å². The molecule has 0 spiro atoms. The first-order chi connectivity index (χ1) is 7.59. The minimum atomic E-state index is -0.647. The van der Waals surface area contributed by atoms with Crippen LogP contribution in [0.15, 0.2) is 36.4 Å². The Labute approximate surface area is 96.5 Å². The molecule has 82 valence electrons. The summed E-state index contributed by atoms with van der Waals surface area (Å²) in [5.74, 6) is -1.08. The standard InChI is InChI=1S/C12H8ClF2N/c13-9-5-7(6-11(15)12(9)16)8-3-1-2-4-10(8)14/h1-6H,16H2. The van der Waals surface area contributed by atoms with Gasteiger partial charge in [0, 0.05) is 5.56 Å². The zero-order valence-corrected chi connectivity index (χ0v) is 8.93. The highest BCUT2D eigenvalue weighted by molar-refractivity contribution is 6.33. The van der Waals surface area contributed by atoms with Crippen LogP contribution in [0, 0.1) is 11.6 Å². The van der Waals surface area contributed by atoms with Crippen LogP contribution < -0.4 is 5.73 Å². The molecule has 2 aromatic rings. The van der Waals surface area contributed by atoms with Gasteiger partial charge in [-0.15, -0.1) is 0 Å². The number of hydrogen-bond donors (Lipinski definition) is 1. The molecule has 0 aromatic heterocycles. The number of halogens is 3. The second-order valence-electron chi connectivity index (χ2n) is 3.33. The molecule has 0 aliphatic carbocycles. The lowest BCUT2D eigenvalue weighted by Gasteiger charge is -2.06. The van der Waals surface area contributed by atoms with Crippen LogP contribution >= 0.6 is 11.6 Å². The van der Waals surface area contributed by atoms with E-state index in [9.17, 15) is 8.78 Å². The van der Waals surface area contributed by atoms with E-state index in [1.165, 1.54) is 18.2 Å². The average molecular weight is 240 g/mol. The van der Waals surface area contributed by atoms with Gasteiger partial charge in [-0.2, -0.15) is 0 Å². The minimum absolute atomic E-state index is 0.0817. The van der Waals surface area contributed by atoms with E-state index < -0.39 is 11.6 Å². The number of anilines is 1. The molecule has 1 nitrogen and oxygen atoms in total. The molecule has 0 aliphatic rings. The third kappa shape index (κ3) is 1.86. The molecule has 0 bridgehead atoms. The first-order valence-corrected chi connectivity index (χ1v) is 4.97. The molecule has 2 N–H and O–H groups in total. The number of benzene rings is 2. The van der Waals surface area contributed by atoms with Crippen LogP contribution in [-0.4, -0.2) is 0 Å². The molecule has 2 aromatic carbocycles. The second-order valence-corrected chi connectivity index (χ2v) is 3.74. The Balaban J connectivity index is 2.62. The summed E-state index contributed by atoms with van der Waals surface area (Å²) in [5.41, 5.74) is 5.91. The summed E-state index contributed by atoms with van der Waals surface area (Å²) in [5, 5.41) is 0.0817. The van der Waals surface area contributed by atoms with Gasteiger partial charge in [-0.05, 0) is 23.8 Å². The molecule has 0 saturated heterocycles. The van der Waals surface area contributed by atoms with Crippen molar-refractivity contribution < 1.29 is 8.78 Å². The maximum atomic E-state index is 13.4. The van der Waals surface area contributed by atoms with Crippen LogP contribution in [0.5, 0.6) is 0 Å². The van der Waals surface area contributed by atoms with Crippen molar-refractivity contribution in [2.24, 2.45) is 0 Å². The van der Waals surface area contributed by atoms with E-state index in [0.29, 0.717) is 11.1 Å². The average Bonchev–Trinajstić information content (AvgIpc) is 2.26. The Morgan fingerprint density at radius 1 is 1.00 bits per heavy atom. The van der Waals surface area contributed by atoms with Crippen LogP contribution in [0.25, 0.3) is 11.1 Å². The van der Waals surface area contributed by atoms with Gasteiger partial charge in [0.1, 0.15) is 11.6 Å². The Morgan fingerprint density at radius 3 is 2.31 bits per heavy atom. The van der Waals surface area contributed by atoms with Crippen molar-refractivity contribution in [3.05, 3.63) is 53.1 Å². The van der Waals surface area contributed by atoms with Crippen molar-refractivity contribution >= 4 is 17.3 Å². The van der Waals surface area contributed by atoms with Gasteiger partial charge in [-0.1, -0.05) is 29.8 Å². The normalized spacial score (nSPS) is 10.4. The predicted molar refractivity (Wildman–Crippen MR) is 61.2 cm³/mol. The third-order valence-electron chi connectivity index (χ3n) is 2.26. The molecule has 0 amide bonds. The molecule has 0 aliphatic heterocycles. The lowest BCUT2D eigenvalue weighted by Crippen LogP contribution is -1.93. The fourth-order valence-corrected chi connectivity index (χ4v) is 1.64. The van der Waals surface area contributed by atoms with Crippen molar-refractivity contribution in [3.63, 3.8) is 0 Å². The zero-order valence-electron chi connectivity index (χ0n) is 8.18. The number of rotatable bonds is 1. The first-order valence-electron chi connectivity index (χ1n) is 4.59. The van der Waals surface area contributed by atoms with E-state index in [4.69, 9.17) is 17.3 Å². The van der Waals surface area contributed by atoms with Crippen LogP contribution in [0.3, 0.4) is 0 Å². The lowest BCUT2D eigenvalue weighted by molar-refractivity contribution is 0.627. The summed E-state index contributed by atoms with van der Waals surface area (Å²) in [6.45, 7) is 0. The highest BCUT2D eigenvalue weighted by Crippen LogP contribution is 2.30. The quantitative estimate of drug-likeness (QED) is 0.751. The molecule has 0 unspecified atom stereocenters. The van der Waals surface area contributed by atoms with Gasteiger partial charge in [-0.25, -0.2) is 8.78 Å². The minimum Gasteiger partial charge on any atom is -0.395 e. The molecule has 0 radical (unpaired) electrons. The Morgan fingerprint density at radius 2 is 1.69 bits per heavy atom. The van der Waals surface area contributed by atoms with E-state index in [-0.39, 0.29) is 10.7 Å². The summed E-state index contributed by atoms with van der Waals surface area (Å²) >= 11 is 5.73. The summed E-state index contributed by atoms with van der Waals surface area (Å²) in [6, 6.07) is 8.70. The molecule has 2 rings (SSSR count). The van der Waals surface area contributed by atoms with Gasteiger partial charge in [0.05, 0.1) is 10.7 Å². The summed E-state index contributed by atoms with van der Waals surface area (Å²) < 4.78 is 26.8. The van der Waals surface area contributed by atoms with Gasteiger partial charge < -0.3 is 5.73 Å². The van der Waals surface area contributed by atoms with Crippen molar-refractivity contribution in [1.82, 2.24) is 0 Å².